The molecule has 1 aromatic heterocycles. The van der Waals surface area contributed by atoms with Crippen molar-refractivity contribution in [2.45, 2.75) is 13.8 Å². The fourth-order valence-electron chi connectivity index (χ4n) is 1.87. The van der Waals surface area contributed by atoms with Crippen molar-refractivity contribution in [2.75, 3.05) is 13.2 Å². The second-order valence-corrected chi connectivity index (χ2v) is 4.09. The van der Waals surface area contributed by atoms with Gasteiger partial charge in [-0.2, -0.15) is 5.26 Å². The summed E-state index contributed by atoms with van der Waals surface area (Å²) in [6.07, 6.45) is 1.52. The molecular formula is C14H14N2O2. The summed E-state index contributed by atoms with van der Waals surface area (Å²) in [5, 5.41) is 18.7. The molecule has 0 saturated heterocycles. The van der Waals surface area contributed by atoms with Crippen molar-refractivity contribution in [2.24, 2.45) is 0 Å². The second kappa shape index (κ2) is 5.03. The number of aromatic nitrogens is 1. The number of nitriles is 1. The molecule has 4 nitrogen and oxygen atoms in total. The van der Waals surface area contributed by atoms with Crippen molar-refractivity contribution in [3.05, 3.63) is 35.0 Å². The minimum Gasteiger partial charge on any atom is -0.489 e. The van der Waals surface area contributed by atoms with Crippen LogP contribution in [-0.2, 0) is 0 Å². The Morgan fingerprint density at radius 3 is 2.83 bits per heavy atom. The van der Waals surface area contributed by atoms with Gasteiger partial charge in [-0.05, 0) is 31.0 Å². The zero-order chi connectivity index (χ0) is 13.1. The van der Waals surface area contributed by atoms with Gasteiger partial charge in [-0.3, -0.25) is 4.98 Å². The first kappa shape index (κ1) is 12.3. The molecule has 1 N–H and O–H groups in total. The van der Waals surface area contributed by atoms with Crippen LogP contribution < -0.4 is 4.74 Å². The number of aliphatic hydroxyl groups is 1. The summed E-state index contributed by atoms with van der Waals surface area (Å²) >= 11 is 0. The third kappa shape index (κ3) is 2.01. The Hall–Kier alpha value is -2.12. The van der Waals surface area contributed by atoms with Gasteiger partial charge in [-0.1, -0.05) is 6.07 Å². The van der Waals surface area contributed by atoms with Gasteiger partial charge in [-0.15, -0.1) is 0 Å². The molecule has 0 radical (unpaired) electrons. The molecule has 4 heteroatoms. The summed E-state index contributed by atoms with van der Waals surface area (Å²) in [4.78, 5) is 4.32. The lowest BCUT2D eigenvalue weighted by Crippen LogP contribution is -2.04. The summed E-state index contributed by atoms with van der Waals surface area (Å²) in [5.74, 6) is 0.500. The molecule has 18 heavy (non-hydrogen) atoms. The highest BCUT2D eigenvalue weighted by Gasteiger charge is 2.12. The number of fused-ring (bicyclic) bond motifs is 1. The summed E-state index contributed by atoms with van der Waals surface area (Å²) in [5.41, 5.74) is 3.44. The van der Waals surface area contributed by atoms with Gasteiger partial charge in [0.2, 0.25) is 0 Å². The first-order valence-corrected chi connectivity index (χ1v) is 5.71. The molecule has 0 saturated carbocycles. The number of hydrogen-bond donors (Lipinski definition) is 1. The van der Waals surface area contributed by atoms with Crippen LogP contribution in [0.1, 0.15) is 16.7 Å². The first-order chi connectivity index (χ1) is 8.69. The van der Waals surface area contributed by atoms with E-state index in [-0.39, 0.29) is 13.2 Å². The van der Waals surface area contributed by atoms with Crippen LogP contribution >= 0.6 is 0 Å². The Morgan fingerprint density at radius 1 is 1.39 bits per heavy atom. The van der Waals surface area contributed by atoms with Crippen molar-refractivity contribution in [1.82, 2.24) is 4.98 Å². The smallest absolute Gasteiger partial charge is 0.148 e. The molecule has 1 heterocycles. The third-order valence-electron chi connectivity index (χ3n) is 2.97. The first-order valence-electron chi connectivity index (χ1n) is 5.71. The lowest BCUT2D eigenvalue weighted by molar-refractivity contribution is 0.202. The van der Waals surface area contributed by atoms with Crippen molar-refractivity contribution in [3.8, 4) is 11.8 Å². The van der Waals surface area contributed by atoms with Crippen molar-refractivity contribution < 1.29 is 9.84 Å². The Balaban J connectivity index is 2.70. The van der Waals surface area contributed by atoms with E-state index in [4.69, 9.17) is 15.1 Å². The second-order valence-electron chi connectivity index (χ2n) is 4.09. The molecule has 0 unspecified atom stereocenters. The van der Waals surface area contributed by atoms with E-state index in [1.54, 1.807) is 0 Å². The number of pyridine rings is 1. The summed E-state index contributed by atoms with van der Waals surface area (Å²) in [6.45, 7) is 4.09. The van der Waals surface area contributed by atoms with Gasteiger partial charge in [0.15, 0.2) is 0 Å². The maximum Gasteiger partial charge on any atom is 0.148 e. The molecule has 0 aliphatic carbocycles. The summed E-state index contributed by atoms with van der Waals surface area (Å²) in [7, 11) is 0. The van der Waals surface area contributed by atoms with E-state index in [0.29, 0.717) is 11.3 Å². The van der Waals surface area contributed by atoms with Crippen molar-refractivity contribution >= 4 is 10.9 Å². The van der Waals surface area contributed by atoms with Gasteiger partial charge >= 0.3 is 0 Å². The summed E-state index contributed by atoms with van der Waals surface area (Å²) < 4.78 is 5.47. The number of rotatable bonds is 3. The number of hydrogen-bond acceptors (Lipinski definition) is 4. The van der Waals surface area contributed by atoms with Crippen LogP contribution in [0, 0.1) is 25.2 Å². The molecule has 0 bridgehead atoms. The summed E-state index contributed by atoms with van der Waals surface area (Å²) in [6, 6.07) is 5.94. The largest absolute Gasteiger partial charge is 0.489 e. The lowest BCUT2D eigenvalue weighted by atomic mass is 10.0. The molecule has 0 amide bonds. The molecule has 2 rings (SSSR count). The lowest BCUT2D eigenvalue weighted by Gasteiger charge is -2.11. The number of nitrogens with zero attached hydrogens (tertiary/aromatic N) is 2. The maximum atomic E-state index is 9.07. The van der Waals surface area contributed by atoms with E-state index in [0.717, 1.165) is 22.0 Å². The van der Waals surface area contributed by atoms with E-state index in [2.05, 4.69) is 11.1 Å². The molecular weight excluding hydrogens is 228 g/mol. The predicted molar refractivity (Wildman–Crippen MR) is 68.5 cm³/mol. The molecule has 2 aromatic rings. The molecule has 0 atom stereocenters. The van der Waals surface area contributed by atoms with Crippen LogP contribution in [0.2, 0.25) is 0 Å². The highest BCUT2D eigenvalue weighted by molar-refractivity contribution is 5.90. The number of aliphatic hydroxyl groups excluding tert-OH is 1. The zero-order valence-corrected chi connectivity index (χ0v) is 10.4. The number of ether oxygens (including phenoxy) is 1. The average molecular weight is 242 g/mol. The Kier molecular flexibility index (Phi) is 3.45. The molecule has 0 spiro atoms. The Morgan fingerprint density at radius 2 is 2.17 bits per heavy atom. The minimum absolute atomic E-state index is 0.0838. The predicted octanol–water partition coefficient (Wildman–Crippen LogP) is 2.09. The van der Waals surface area contributed by atoms with E-state index >= 15 is 0 Å². The van der Waals surface area contributed by atoms with Gasteiger partial charge in [0.1, 0.15) is 24.0 Å². The van der Waals surface area contributed by atoms with Crippen LogP contribution in [0.3, 0.4) is 0 Å². The Bertz CT molecular complexity index is 630. The monoisotopic (exact) mass is 242 g/mol. The van der Waals surface area contributed by atoms with Gasteiger partial charge in [0, 0.05) is 11.6 Å². The van der Waals surface area contributed by atoms with Crippen LogP contribution in [0.25, 0.3) is 10.9 Å². The van der Waals surface area contributed by atoms with Crippen LogP contribution in [0.4, 0.5) is 0 Å². The quantitative estimate of drug-likeness (QED) is 0.895. The maximum absolute atomic E-state index is 9.07. The van der Waals surface area contributed by atoms with E-state index in [9.17, 15) is 0 Å². The van der Waals surface area contributed by atoms with Crippen LogP contribution in [0.15, 0.2) is 18.3 Å². The van der Waals surface area contributed by atoms with E-state index < -0.39 is 0 Å². The normalized spacial score (nSPS) is 10.3. The van der Waals surface area contributed by atoms with Gasteiger partial charge < -0.3 is 9.84 Å². The minimum atomic E-state index is -0.0838. The average Bonchev–Trinajstić information content (AvgIpc) is 2.40. The molecule has 1 aromatic carbocycles. The molecule has 0 aliphatic rings. The van der Waals surface area contributed by atoms with E-state index in [1.165, 1.54) is 6.20 Å². The molecule has 92 valence electrons. The number of benzene rings is 1. The SMILES string of the molecule is Cc1ccc2c(OCCO)c(C#N)cnc2c1C. The molecule has 0 fully saturated rings. The van der Waals surface area contributed by atoms with Crippen LogP contribution in [-0.4, -0.2) is 23.3 Å². The third-order valence-corrected chi connectivity index (χ3v) is 2.97. The van der Waals surface area contributed by atoms with Crippen molar-refractivity contribution in [3.63, 3.8) is 0 Å². The molecule has 0 aliphatic heterocycles. The zero-order valence-electron chi connectivity index (χ0n) is 10.4. The fourth-order valence-corrected chi connectivity index (χ4v) is 1.87. The van der Waals surface area contributed by atoms with Gasteiger partial charge in [-0.25, -0.2) is 0 Å². The van der Waals surface area contributed by atoms with Gasteiger partial charge in [0.25, 0.3) is 0 Å². The Labute approximate surface area is 105 Å². The van der Waals surface area contributed by atoms with E-state index in [1.807, 2.05) is 26.0 Å². The van der Waals surface area contributed by atoms with Crippen molar-refractivity contribution in [1.29, 1.82) is 5.26 Å². The van der Waals surface area contributed by atoms with Gasteiger partial charge in [0.05, 0.1) is 12.1 Å². The standard InChI is InChI=1S/C14H14N2O2/c1-9-3-4-12-13(10(9)2)16-8-11(7-15)14(12)18-6-5-17/h3-4,8,17H,5-6H2,1-2H3. The fraction of sp³-hybridized carbons (Fsp3) is 0.286. The van der Waals surface area contributed by atoms with Crippen LogP contribution in [0.5, 0.6) is 5.75 Å². The highest BCUT2D eigenvalue weighted by Crippen LogP contribution is 2.30. The topological polar surface area (TPSA) is 66.1 Å². The number of aryl methyl sites for hydroxylation is 2. The highest BCUT2D eigenvalue weighted by atomic mass is 16.5.